The monoisotopic (exact) mass is 145 g/mol. The first-order valence-electron chi connectivity index (χ1n) is 3.48. The Labute approximate surface area is 61.0 Å². The summed E-state index contributed by atoms with van der Waals surface area (Å²) in [4.78, 5) is 10.1. The molecule has 0 bridgehead atoms. The van der Waals surface area contributed by atoms with Crippen LogP contribution in [0.25, 0.3) is 0 Å². The number of carbonyl (C=O) groups excluding carboxylic acids is 1. The zero-order valence-corrected chi connectivity index (χ0v) is 6.10. The van der Waals surface area contributed by atoms with Crippen molar-refractivity contribution in [2.24, 2.45) is 11.5 Å². The normalized spacial score (nSPS) is 15.6. The van der Waals surface area contributed by atoms with Crippen molar-refractivity contribution in [1.29, 1.82) is 0 Å². The Morgan fingerprint density at radius 1 is 1.40 bits per heavy atom. The predicted molar refractivity (Wildman–Crippen MR) is 40.4 cm³/mol. The van der Waals surface area contributed by atoms with E-state index in [4.69, 9.17) is 11.5 Å². The van der Waals surface area contributed by atoms with E-state index in [0.717, 1.165) is 19.4 Å². The SMILES string of the molecule is NCCN.O=C1CCCN1. The van der Waals surface area contributed by atoms with Crippen LogP contribution in [0, 0.1) is 0 Å². The van der Waals surface area contributed by atoms with Gasteiger partial charge >= 0.3 is 0 Å². The van der Waals surface area contributed by atoms with Crippen LogP contribution in [-0.4, -0.2) is 25.5 Å². The van der Waals surface area contributed by atoms with Crippen LogP contribution in [0.15, 0.2) is 0 Å². The molecule has 0 aliphatic carbocycles. The van der Waals surface area contributed by atoms with Crippen LogP contribution in [-0.2, 0) is 4.79 Å². The second-order valence-corrected chi connectivity index (χ2v) is 2.03. The minimum atomic E-state index is 0.204. The zero-order valence-electron chi connectivity index (χ0n) is 6.10. The molecular weight excluding hydrogens is 130 g/mol. The topological polar surface area (TPSA) is 81.1 Å². The molecule has 1 aliphatic rings. The second kappa shape index (κ2) is 6.51. The number of hydrogen-bond acceptors (Lipinski definition) is 3. The van der Waals surface area contributed by atoms with Crippen molar-refractivity contribution < 1.29 is 4.79 Å². The highest BCUT2D eigenvalue weighted by atomic mass is 16.1. The van der Waals surface area contributed by atoms with Crippen molar-refractivity contribution in [3.8, 4) is 0 Å². The van der Waals surface area contributed by atoms with E-state index in [1.165, 1.54) is 0 Å². The van der Waals surface area contributed by atoms with E-state index >= 15 is 0 Å². The minimum absolute atomic E-state index is 0.204. The standard InChI is InChI=1S/C4H7NO.C2H8N2/c6-4-2-1-3-5-4;3-1-2-4/h1-3H2,(H,5,6);1-4H2. The van der Waals surface area contributed by atoms with Crippen molar-refractivity contribution in [1.82, 2.24) is 5.32 Å². The highest BCUT2D eigenvalue weighted by molar-refractivity contribution is 5.77. The van der Waals surface area contributed by atoms with Crippen molar-refractivity contribution >= 4 is 5.91 Å². The summed E-state index contributed by atoms with van der Waals surface area (Å²) in [5, 5.41) is 2.68. The molecule has 0 aromatic heterocycles. The highest BCUT2D eigenvalue weighted by Crippen LogP contribution is 1.93. The molecule has 1 rings (SSSR count). The Hall–Kier alpha value is -0.610. The zero-order chi connectivity index (χ0) is 7.82. The smallest absolute Gasteiger partial charge is 0.220 e. The van der Waals surface area contributed by atoms with Gasteiger partial charge in [-0.1, -0.05) is 0 Å². The lowest BCUT2D eigenvalue weighted by molar-refractivity contribution is -0.119. The van der Waals surface area contributed by atoms with Crippen LogP contribution in [0.3, 0.4) is 0 Å². The first-order chi connectivity index (χ1) is 4.81. The number of nitrogens with one attached hydrogen (secondary N) is 1. The van der Waals surface area contributed by atoms with Crippen molar-refractivity contribution in [3.05, 3.63) is 0 Å². The van der Waals surface area contributed by atoms with Crippen LogP contribution >= 0.6 is 0 Å². The van der Waals surface area contributed by atoms with E-state index in [1.54, 1.807) is 0 Å². The summed E-state index contributed by atoms with van der Waals surface area (Å²) in [5.74, 6) is 0.204. The van der Waals surface area contributed by atoms with E-state index in [9.17, 15) is 4.79 Å². The molecule has 0 unspecified atom stereocenters. The van der Waals surface area contributed by atoms with Crippen molar-refractivity contribution in [3.63, 3.8) is 0 Å². The summed E-state index contributed by atoms with van der Waals surface area (Å²) in [6, 6.07) is 0. The fourth-order valence-corrected chi connectivity index (χ4v) is 0.565. The lowest BCUT2D eigenvalue weighted by Crippen LogP contribution is -2.12. The molecule has 60 valence electrons. The van der Waals surface area contributed by atoms with Gasteiger partial charge in [0.2, 0.25) is 5.91 Å². The molecule has 0 atom stereocenters. The third-order valence-electron chi connectivity index (χ3n) is 1.07. The number of amides is 1. The molecule has 0 saturated carbocycles. The van der Waals surface area contributed by atoms with Crippen molar-refractivity contribution in [2.45, 2.75) is 12.8 Å². The van der Waals surface area contributed by atoms with Gasteiger partial charge in [-0.05, 0) is 6.42 Å². The summed E-state index contributed by atoms with van der Waals surface area (Å²) in [5.41, 5.74) is 9.81. The lowest BCUT2D eigenvalue weighted by atomic mass is 10.4. The van der Waals surface area contributed by atoms with Crippen LogP contribution in [0.4, 0.5) is 0 Å². The Kier molecular flexibility index (Phi) is 6.11. The van der Waals surface area contributed by atoms with Gasteiger partial charge in [-0.2, -0.15) is 0 Å². The first kappa shape index (κ1) is 9.39. The maximum absolute atomic E-state index is 10.1. The molecule has 1 fully saturated rings. The fraction of sp³-hybridized carbons (Fsp3) is 0.833. The molecule has 1 saturated heterocycles. The Bertz CT molecular complexity index is 85.0. The minimum Gasteiger partial charge on any atom is -0.356 e. The van der Waals surface area contributed by atoms with Gasteiger partial charge in [0.05, 0.1) is 0 Å². The molecule has 0 radical (unpaired) electrons. The first-order valence-corrected chi connectivity index (χ1v) is 3.48. The maximum atomic E-state index is 10.1. The molecule has 5 N–H and O–H groups in total. The summed E-state index contributed by atoms with van der Waals surface area (Å²) in [6.07, 6.45) is 1.76. The molecule has 1 amide bonds. The molecule has 4 nitrogen and oxygen atoms in total. The number of nitrogens with two attached hydrogens (primary N) is 2. The Morgan fingerprint density at radius 3 is 2.10 bits per heavy atom. The van der Waals surface area contributed by atoms with E-state index in [-0.39, 0.29) is 5.91 Å². The lowest BCUT2D eigenvalue weighted by Gasteiger charge is -1.80. The highest BCUT2D eigenvalue weighted by Gasteiger charge is 2.05. The molecule has 0 spiro atoms. The van der Waals surface area contributed by atoms with Crippen LogP contribution < -0.4 is 16.8 Å². The van der Waals surface area contributed by atoms with Gasteiger partial charge in [0.25, 0.3) is 0 Å². The van der Waals surface area contributed by atoms with E-state index in [2.05, 4.69) is 5.32 Å². The van der Waals surface area contributed by atoms with Gasteiger partial charge in [-0.25, -0.2) is 0 Å². The average molecular weight is 145 g/mol. The number of carbonyl (C=O) groups is 1. The average Bonchev–Trinajstić information content (AvgIpc) is 2.40. The number of rotatable bonds is 1. The van der Waals surface area contributed by atoms with Crippen LogP contribution in [0.5, 0.6) is 0 Å². The van der Waals surface area contributed by atoms with Gasteiger partial charge in [0, 0.05) is 26.1 Å². The van der Waals surface area contributed by atoms with Gasteiger partial charge in [0.15, 0.2) is 0 Å². The van der Waals surface area contributed by atoms with Crippen LogP contribution in [0.1, 0.15) is 12.8 Å². The van der Waals surface area contributed by atoms with Gasteiger partial charge < -0.3 is 16.8 Å². The molecule has 0 aromatic rings. The van der Waals surface area contributed by atoms with Crippen molar-refractivity contribution in [2.75, 3.05) is 19.6 Å². The molecule has 1 heterocycles. The van der Waals surface area contributed by atoms with Gasteiger partial charge in [-0.3, -0.25) is 4.79 Å². The summed E-state index contributed by atoms with van der Waals surface area (Å²) in [7, 11) is 0. The quantitative estimate of drug-likeness (QED) is 0.433. The predicted octanol–water partition coefficient (Wildman–Crippen LogP) is -1.20. The van der Waals surface area contributed by atoms with Gasteiger partial charge in [-0.15, -0.1) is 0 Å². The molecule has 4 heteroatoms. The van der Waals surface area contributed by atoms with E-state index < -0.39 is 0 Å². The second-order valence-electron chi connectivity index (χ2n) is 2.03. The maximum Gasteiger partial charge on any atom is 0.220 e. The summed E-state index contributed by atoms with van der Waals surface area (Å²) in [6.45, 7) is 2.08. The van der Waals surface area contributed by atoms with Gasteiger partial charge in [0.1, 0.15) is 0 Å². The third kappa shape index (κ3) is 5.53. The number of hydrogen-bond donors (Lipinski definition) is 3. The molecule has 1 aliphatic heterocycles. The van der Waals surface area contributed by atoms with E-state index in [0.29, 0.717) is 13.1 Å². The summed E-state index contributed by atoms with van der Waals surface area (Å²) >= 11 is 0. The largest absolute Gasteiger partial charge is 0.356 e. The molecule has 0 aromatic carbocycles. The van der Waals surface area contributed by atoms with Crippen LogP contribution in [0.2, 0.25) is 0 Å². The Balaban J connectivity index is 0.000000180. The summed E-state index contributed by atoms with van der Waals surface area (Å²) < 4.78 is 0. The van der Waals surface area contributed by atoms with E-state index in [1.807, 2.05) is 0 Å². The fourth-order valence-electron chi connectivity index (χ4n) is 0.565. The molecular formula is C6H15N3O. The molecule has 10 heavy (non-hydrogen) atoms. The third-order valence-corrected chi connectivity index (χ3v) is 1.07. The Morgan fingerprint density at radius 2 is 2.00 bits per heavy atom.